The number of fused-ring (bicyclic) bond motifs is 1. The summed E-state index contributed by atoms with van der Waals surface area (Å²) in [5.74, 6) is 1.22. The Balaban J connectivity index is 1.49. The Morgan fingerprint density at radius 2 is 2.03 bits per heavy atom. The van der Waals surface area contributed by atoms with Gasteiger partial charge in [0.1, 0.15) is 5.75 Å². The molecule has 6 nitrogen and oxygen atoms in total. The largest absolute Gasteiger partial charge is 0.496 e. The minimum Gasteiger partial charge on any atom is -0.496 e. The van der Waals surface area contributed by atoms with Gasteiger partial charge in [-0.05, 0) is 48.6 Å². The lowest BCUT2D eigenvalue weighted by molar-refractivity contribution is 0.408. The lowest BCUT2D eigenvalue weighted by Gasteiger charge is -2.16. The van der Waals surface area contributed by atoms with E-state index in [2.05, 4.69) is 36.2 Å². The number of oxazole rings is 1. The van der Waals surface area contributed by atoms with Crippen LogP contribution in [0.5, 0.6) is 5.75 Å². The first kappa shape index (κ1) is 20.6. The average Bonchev–Trinajstić information content (AvgIpc) is 3.40. The van der Waals surface area contributed by atoms with E-state index in [0.717, 1.165) is 11.1 Å². The second-order valence-corrected chi connectivity index (χ2v) is 9.24. The number of methoxy groups -OCH3 is 1. The molecular formula is C22H22N2O4S2. The van der Waals surface area contributed by atoms with Crippen LogP contribution in [0.2, 0.25) is 0 Å². The molecule has 2 heterocycles. The van der Waals surface area contributed by atoms with Crippen molar-refractivity contribution < 1.29 is 17.6 Å². The van der Waals surface area contributed by atoms with E-state index < -0.39 is 10.9 Å². The van der Waals surface area contributed by atoms with Crippen molar-refractivity contribution in [2.75, 3.05) is 13.7 Å². The van der Waals surface area contributed by atoms with E-state index in [1.807, 2.05) is 18.2 Å². The second kappa shape index (κ2) is 8.99. The van der Waals surface area contributed by atoms with Crippen LogP contribution in [0.1, 0.15) is 16.0 Å². The summed E-state index contributed by atoms with van der Waals surface area (Å²) in [4.78, 5) is 5.11. The van der Waals surface area contributed by atoms with Gasteiger partial charge in [0.15, 0.2) is 12.2 Å². The van der Waals surface area contributed by atoms with Gasteiger partial charge < -0.3 is 9.15 Å². The fourth-order valence-corrected chi connectivity index (χ4v) is 4.97. The van der Waals surface area contributed by atoms with Crippen molar-refractivity contribution in [2.45, 2.75) is 19.9 Å². The number of hydrogen-bond donors (Lipinski definition) is 1. The Bertz CT molecular complexity index is 1220. The molecule has 0 saturated heterocycles. The van der Waals surface area contributed by atoms with Crippen LogP contribution in [0.25, 0.3) is 21.4 Å². The van der Waals surface area contributed by atoms with E-state index in [9.17, 15) is 8.42 Å². The van der Waals surface area contributed by atoms with Gasteiger partial charge in [-0.25, -0.2) is 13.4 Å². The zero-order valence-electron chi connectivity index (χ0n) is 16.7. The summed E-state index contributed by atoms with van der Waals surface area (Å²) >= 11 is 1.71. The van der Waals surface area contributed by atoms with Crippen LogP contribution in [0.4, 0.5) is 0 Å². The zero-order chi connectivity index (χ0) is 21.1. The summed E-state index contributed by atoms with van der Waals surface area (Å²) in [5, 5.41) is 1.21. The molecule has 4 rings (SSSR count). The van der Waals surface area contributed by atoms with Crippen molar-refractivity contribution in [1.82, 2.24) is 9.29 Å². The number of aromatic nitrogens is 1. The summed E-state index contributed by atoms with van der Waals surface area (Å²) in [5.41, 5.74) is 2.84. The molecule has 0 radical (unpaired) electrons. The van der Waals surface area contributed by atoms with Gasteiger partial charge in [0.2, 0.25) is 10.9 Å². The third-order valence-corrected chi connectivity index (χ3v) is 6.88. The summed E-state index contributed by atoms with van der Waals surface area (Å²) in [7, 11) is -1.12. The number of aryl methyl sites for hydroxylation is 1. The van der Waals surface area contributed by atoms with Crippen molar-refractivity contribution in [3.63, 3.8) is 0 Å². The number of rotatable bonds is 8. The van der Waals surface area contributed by atoms with Crippen LogP contribution in [-0.4, -0.2) is 31.4 Å². The summed E-state index contributed by atoms with van der Waals surface area (Å²) < 4.78 is 37.2. The quantitative estimate of drug-likeness (QED) is 0.408. The molecule has 30 heavy (non-hydrogen) atoms. The first-order valence-electron chi connectivity index (χ1n) is 9.47. The molecule has 0 spiro atoms. The van der Waals surface area contributed by atoms with Crippen LogP contribution in [0.3, 0.4) is 0 Å². The Morgan fingerprint density at radius 3 is 2.77 bits per heavy atom. The third-order valence-electron chi connectivity index (χ3n) is 4.90. The predicted molar refractivity (Wildman–Crippen MR) is 119 cm³/mol. The third kappa shape index (κ3) is 4.56. The first-order chi connectivity index (χ1) is 14.5. The van der Waals surface area contributed by atoms with Crippen molar-refractivity contribution in [2.24, 2.45) is 0 Å². The fraction of sp³-hybridized carbons (Fsp3) is 0.227. The van der Waals surface area contributed by atoms with Gasteiger partial charge in [0, 0.05) is 22.7 Å². The molecule has 4 aromatic rings. The van der Waals surface area contributed by atoms with Crippen molar-refractivity contribution in [1.29, 1.82) is 0 Å². The number of ether oxygens (including phenoxy) is 1. The summed E-state index contributed by atoms with van der Waals surface area (Å²) in [6.07, 6.45) is 3.65. The molecule has 156 valence electrons. The maximum atomic E-state index is 11.9. The van der Waals surface area contributed by atoms with Crippen LogP contribution in [-0.2, 0) is 23.9 Å². The number of thiol groups is 1. The van der Waals surface area contributed by atoms with Gasteiger partial charge in [-0.1, -0.05) is 23.8 Å². The highest BCUT2D eigenvalue weighted by Crippen LogP contribution is 2.31. The maximum absolute atomic E-state index is 11.9. The molecule has 0 bridgehead atoms. The molecule has 8 heteroatoms. The van der Waals surface area contributed by atoms with Gasteiger partial charge in [-0.15, -0.1) is 11.3 Å². The van der Waals surface area contributed by atoms with Crippen molar-refractivity contribution in [3.8, 4) is 17.1 Å². The lowest BCUT2D eigenvalue weighted by Crippen LogP contribution is -2.23. The van der Waals surface area contributed by atoms with Crippen LogP contribution >= 0.6 is 11.3 Å². The molecule has 2 aromatic carbocycles. The Labute approximate surface area is 180 Å². The maximum Gasteiger partial charge on any atom is 0.204 e. The molecule has 0 aliphatic rings. The fourth-order valence-electron chi connectivity index (χ4n) is 3.40. The number of thiophene rings is 1. The SMILES string of the molecule is COc1cc(CN(CCc2cc3cc(C)ccc3s2)[SH](=O)=O)ccc1-c1cnco1. The van der Waals surface area contributed by atoms with Gasteiger partial charge in [-0.3, -0.25) is 0 Å². The Hall–Kier alpha value is -2.68. The first-order valence-corrected chi connectivity index (χ1v) is 11.4. The molecule has 0 amide bonds. The van der Waals surface area contributed by atoms with Crippen LogP contribution in [0, 0.1) is 6.92 Å². The van der Waals surface area contributed by atoms with E-state index >= 15 is 0 Å². The molecule has 2 aromatic heterocycles. The predicted octanol–water partition coefficient (Wildman–Crippen LogP) is 4.44. The number of hydrogen-bond acceptors (Lipinski definition) is 6. The van der Waals surface area contributed by atoms with E-state index in [1.54, 1.807) is 24.6 Å². The number of benzene rings is 2. The average molecular weight is 443 g/mol. The van der Waals surface area contributed by atoms with E-state index in [4.69, 9.17) is 9.15 Å². The monoisotopic (exact) mass is 442 g/mol. The Morgan fingerprint density at radius 1 is 1.17 bits per heavy atom. The van der Waals surface area contributed by atoms with Gasteiger partial charge in [-0.2, -0.15) is 4.31 Å². The van der Waals surface area contributed by atoms with Crippen LogP contribution in [0.15, 0.2) is 59.5 Å². The van der Waals surface area contributed by atoms with E-state index in [-0.39, 0.29) is 6.54 Å². The van der Waals surface area contributed by atoms with E-state index in [1.165, 1.54) is 31.2 Å². The second-order valence-electron chi connectivity index (χ2n) is 7.03. The number of nitrogens with zero attached hydrogens (tertiary/aromatic N) is 2. The highest BCUT2D eigenvalue weighted by Gasteiger charge is 2.14. The lowest BCUT2D eigenvalue weighted by atomic mass is 10.1. The standard InChI is InChI=1S/C22H22N2O4S2/c1-15-3-6-22-17(9-15)11-18(29-22)7-8-24(30(25)26)13-16-4-5-19(20(10-16)27-2)21-12-23-14-28-21/h3-6,9-12,14,30H,7-8,13H2,1-2H3. The van der Waals surface area contributed by atoms with Gasteiger partial charge in [0.25, 0.3) is 0 Å². The highest BCUT2D eigenvalue weighted by molar-refractivity contribution is 7.69. The van der Waals surface area contributed by atoms with Gasteiger partial charge in [0.05, 0.1) is 18.9 Å². The molecule has 0 saturated carbocycles. The van der Waals surface area contributed by atoms with Gasteiger partial charge >= 0.3 is 0 Å². The molecule has 0 fully saturated rings. The van der Waals surface area contributed by atoms with E-state index in [0.29, 0.717) is 24.5 Å². The minimum absolute atomic E-state index is 0.287. The topological polar surface area (TPSA) is 72.6 Å². The van der Waals surface area contributed by atoms with Crippen molar-refractivity contribution >= 4 is 32.3 Å². The Kier molecular flexibility index (Phi) is 6.17. The van der Waals surface area contributed by atoms with Crippen LogP contribution < -0.4 is 4.74 Å². The zero-order valence-corrected chi connectivity index (χ0v) is 18.4. The molecule has 0 atom stereocenters. The molecule has 0 aliphatic heterocycles. The molecule has 0 unspecified atom stereocenters. The van der Waals surface area contributed by atoms with Crippen molar-refractivity contribution in [3.05, 3.63) is 71.1 Å². The molecular weight excluding hydrogens is 420 g/mol. The minimum atomic E-state index is -2.70. The summed E-state index contributed by atoms with van der Waals surface area (Å²) in [6.45, 7) is 2.79. The highest BCUT2D eigenvalue weighted by atomic mass is 32.2. The molecule has 0 aliphatic carbocycles. The molecule has 0 N–H and O–H groups in total. The normalized spacial score (nSPS) is 11.6. The summed E-state index contributed by atoms with van der Waals surface area (Å²) in [6, 6.07) is 14.1. The smallest absolute Gasteiger partial charge is 0.204 e.